The lowest BCUT2D eigenvalue weighted by Gasteiger charge is -2.24. The standard InChI is InChI=1S/C15H20N4O3/c1-11-5-4-6-13(20)19(11)9-15(2,22)14(21)17-8-12-7-16-10-18(12)3/h4-7,10,22H,8-9H2,1-3H3,(H,17,21). The average molecular weight is 304 g/mol. The van der Waals surface area contributed by atoms with E-state index in [-0.39, 0.29) is 18.6 Å². The number of hydrogen-bond acceptors (Lipinski definition) is 4. The Morgan fingerprint density at radius 1 is 1.45 bits per heavy atom. The van der Waals surface area contributed by atoms with Crippen molar-refractivity contribution >= 4 is 5.91 Å². The molecule has 7 nitrogen and oxygen atoms in total. The van der Waals surface area contributed by atoms with Crippen LogP contribution in [0.4, 0.5) is 0 Å². The van der Waals surface area contributed by atoms with Crippen molar-refractivity contribution in [2.75, 3.05) is 0 Å². The average Bonchev–Trinajstić information content (AvgIpc) is 2.86. The monoisotopic (exact) mass is 304 g/mol. The van der Waals surface area contributed by atoms with E-state index in [2.05, 4.69) is 10.3 Å². The first-order valence-electron chi connectivity index (χ1n) is 6.93. The summed E-state index contributed by atoms with van der Waals surface area (Å²) in [4.78, 5) is 28.0. The molecule has 7 heteroatoms. The number of carbonyl (C=O) groups is 1. The smallest absolute Gasteiger partial charge is 0.253 e. The van der Waals surface area contributed by atoms with Crippen molar-refractivity contribution in [3.63, 3.8) is 0 Å². The molecule has 0 fully saturated rings. The van der Waals surface area contributed by atoms with Gasteiger partial charge in [0.05, 0.1) is 25.1 Å². The highest BCUT2D eigenvalue weighted by atomic mass is 16.3. The highest BCUT2D eigenvalue weighted by molar-refractivity contribution is 5.84. The van der Waals surface area contributed by atoms with Crippen molar-refractivity contribution in [2.24, 2.45) is 7.05 Å². The van der Waals surface area contributed by atoms with E-state index >= 15 is 0 Å². The molecule has 1 atom stereocenters. The van der Waals surface area contributed by atoms with Crippen molar-refractivity contribution in [3.05, 3.63) is 52.5 Å². The third-order valence-corrected chi connectivity index (χ3v) is 3.57. The molecule has 0 saturated carbocycles. The first-order chi connectivity index (χ1) is 10.3. The Hall–Kier alpha value is -2.41. The van der Waals surface area contributed by atoms with Crippen molar-refractivity contribution < 1.29 is 9.90 Å². The molecule has 2 aromatic heterocycles. The first kappa shape index (κ1) is 16.0. The Morgan fingerprint density at radius 3 is 2.77 bits per heavy atom. The van der Waals surface area contributed by atoms with Gasteiger partial charge < -0.3 is 19.6 Å². The fourth-order valence-corrected chi connectivity index (χ4v) is 2.12. The van der Waals surface area contributed by atoms with Crippen molar-refractivity contribution in [3.8, 4) is 0 Å². The van der Waals surface area contributed by atoms with Crippen LogP contribution in [0, 0.1) is 6.92 Å². The van der Waals surface area contributed by atoms with Crippen LogP contribution in [-0.2, 0) is 24.9 Å². The Kier molecular flexibility index (Phi) is 4.46. The van der Waals surface area contributed by atoms with E-state index in [4.69, 9.17) is 0 Å². The highest BCUT2D eigenvalue weighted by Crippen LogP contribution is 2.09. The molecule has 118 valence electrons. The zero-order valence-corrected chi connectivity index (χ0v) is 12.9. The fourth-order valence-electron chi connectivity index (χ4n) is 2.12. The zero-order valence-electron chi connectivity index (χ0n) is 12.9. The fraction of sp³-hybridized carbons (Fsp3) is 0.400. The summed E-state index contributed by atoms with van der Waals surface area (Å²) in [6, 6.07) is 4.80. The SMILES string of the molecule is Cc1cccc(=O)n1CC(C)(O)C(=O)NCc1cncn1C. The van der Waals surface area contributed by atoms with Crippen LogP contribution in [0.1, 0.15) is 18.3 Å². The number of rotatable bonds is 5. The minimum absolute atomic E-state index is 0.101. The minimum atomic E-state index is -1.69. The lowest BCUT2D eigenvalue weighted by molar-refractivity contribution is -0.139. The van der Waals surface area contributed by atoms with Gasteiger partial charge in [0.2, 0.25) is 0 Å². The van der Waals surface area contributed by atoms with Gasteiger partial charge in [0.25, 0.3) is 11.5 Å². The van der Waals surface area contributed by atoms with Crippen LogP contribution in [0.3, 0.4) is 0 Å². The van der Waals surface area contributed by atoms with Crippen LogP contribution in [-0.4, -0.2) is 30.7 Å². The topological polar surface area (TPSA) is 89.2 Å². The van der Waals surface area contributed by atoms with Crippen molar-refractivity contribution in [1.82, 2.24) is 19.4 Å². The van der Waals surface area contributed by atoms with Gasteiger partial charge in [-0.25, -0.2) is 4.98 Å². The molecule has 2 heterocycles. The quantitative estimate of drug-likeness (QED) is 0.811. The summed E-state index contributed by atoms with van der Waals surface area (Å²) in [5, 5.41) is 13.0. The predicted molar refractivity (Wildman–Crippen MR) is 81.1 cm³/mol. The van der Waals surface area contributed by atoms with Gasteiger partial charge in [0.1, 0.15) is 0 Å². The summed E-state index contributed by atoms with van der Waals surface area (Å²) in [7, 11) is 1.82. The van der Waals surface area contributed by atoms with Gasteiger partial charge in [-0.3, -0.25) is 9.59 Å². The first-order valence-corrected chi connectivity index (χ1v) is 6.93. The number of aryl methyl sites for hydroxylation is 2. The second-order valence-corrected chi connectivity index (χ2v) is 5.54. The molecule has 0 spiro atoms. The van der Waals surface area contributed by atoms with Gasteiger partial charge in [-0.05, 0) is 19.9 Å². The van der Waals surface area contributed by atoms with E-state index in [0.717, 1.165) is 5.69 Å². The number of nitrogens with one attached hydrogen (secondary N) is 1. The van der Waals surface area contributed by atoms with E-state index in [1.165, 1.54) is 17.6 Å². The Bertz CT molecular complexity index is 730. The number of aliphatic hydroxyl groups is 1. The molecule has 2 rings (SSSR count). The van der Waals surface area contributed by atoms with Gasteiger partial charge >= 0.3 is 0 Å². The van der Waals surface area contributed by atoms with E-state index in [0.29, 0.717) is 5.69 Å². The van der Waals surface area contributed by atoms with E-state index in [1.807, 2.05) is 7.05 Å². The molecule has 2 N–H and O–H groups in total. The molecule has 0 aliphatic carbocycles. The summed E-state index contributed by atoms with van der Waals surface area (Å²) in [6.45, 7) is 3.30. The van der Waals surface area contributed by atoms with E-state index < -0.39 is 11.5 Å². The van der Waals surface area contributed by atoms with Crippen LogP contribution >= 0.6 is 0 Å². The van der Waals surface area contributed by atoms with Gasteiger partial charge in [0, 0.05) is 25.0 Å². The maximum Gasteiger partial charge on any atom is 0.253 e. The number of imidazole rings is 1. The number of amides is 1. The second-order valence-electron chi connectivity index (χ2n) is 5.54. The summed E-state index contributed by atoms with van der Waals surface area (Å²) in [5.41, 5.74) is -0.432. The summed E-state index contributed by atoms with van der Waals surface area (Å²) >= 11 is 0. The van der Waals surface area contributed by atoms with Crippen LogP contribution < -0.4 is 10.9 Å². The Morgan fingerprint density at radius 2 is 2.18 bits per heavy atom. The second kappa shape index (κ2) is 6.15. The molecule has 0 saturated heterocycles. The van der Waals surface area contributed by atoms with Crippen LogP contribution in [0.2, 0.25) is 0 Å². The van der Waals surface area contributed by atoms with Crippen LogP contribution in [0.25, 0.3) is 0 Å². The molecule has 1 amide bonds. The molecule has 1 unspecified atom stereocenters. The van der Waals surface area contributed by atoms with Crippen molar-refractivity contribution in [1.29, 1.82) is 0 Å². The number of aromatic nitrogens is 3. The maximum absolute atomic E-state index is 12.2. The summed E-state index contributed by atoms with van der Waals surface area (Å²) in [6.07, 6.45) is 3.27. The number of nitrogens with zero attached hydrogens (tertiary/aromatic N) is 3. The number of pyridine rings is 1. The van der Waals surface area contributed by atoms with Crippen LogP contribution in [0.5, 0.6) is 0 Å². The maximum atomic E-state index is 12.2. The molecule has 2 aromatic rings. The molecular formula is C15H20N4O3. The van der Waals surface area contributed by atoms with Gasteiger partial charge in [-0.15, -0.1) is 0 Å². The van der Waals surface area contributed by atoms with E-state index in [1.54, 1.807) is 36.1 Å². The van der Waals surface area contributed by atoms with Gasteiger partial charge in [-0.1, -0.05) is 6.07 Å². The molecule has 0 aliphatic heterocycles. The molecular weight excluding hydrogens is 284 g/mol. The van der Waals surface area contributed by atoms with E-state index in [9.17, 15) is 14.7 Å². The summed E-state index contributed by atoms with van der Waals surface area (Å²) < 4.78 is 3.16. The van der Waals surface area contributed by atoms with Crippen LogP contribution in [0.15, 0.2) is 35.5 Å². The van der Waals surface area contributed by atoms with Gasteiger partial charge in [-0.2, -0.15) is 0 Å². The highest BCUT2D eigenvalue weighted by Gasteiger charge is 2.31. The Balaban J connectivity index is 2.07. The third-order valence-electron chi connectivity index (χ3n) is 3.57. The number of hydrogen-bond donors (Lipinski definition) is 2. The summed E-state index contributed by atoms with van der Waals surface area (Å²) in [5.74, 6) is -0.538. The lowest BCUT2D eigenvalue weighted by Crippen LogP contribution is -2.49. The number of carbonyl (C=O) groups excluding carboxylic acids is 1. The van der Waals surface area contributed by atoms with Crippen molar-refractivity contribution in [2.45, 2.75) is 32.5 Å². The molecule has 0 radical (unpaired) electrons. The molecule has 0 aromatic carbocycles. The molecule has 0 aliphatic rings. The zero-order chi connectivity index (χ0) is 16.3. The molecule has 22 heavy (non-hydrogen) atoms. The Labute approximate surface area is 128 Å². The largest absolute Gasteiger partial charge is 0.378 e. The predicted octanol–water partition coefficient (Wildman–Crippen LogP) is -0.0424. The normalized spacial score (nSPS) is 13.6. The third kappa shape index (κ3) is 3.43. The lowest BCUT2D eigenvalue weighted by atomic mass is 10.1. The van der Waals surface area contributed by atoms with Gasteiger partial charge in [0.15, 0.2) is 5.60 Å². The molecule has 0 bridgehead atoms. The minimum Gasteiger partial charge on any atom is -0.378 e.